The van der Waals surface area contributed by atoms with Crippen molar-refractivity contribution in [2.75, 3.05) is 0 Å². The lowest BCUT2D eigenvalue weighted by molar-refractivity contribution is 0.0262. The van der Waals surface area contributed by atoms with Crippen molar-refractivity contribution < 1.29 is 14.4 Å². The van der Waals surface area contributed by atoms with Gasteiger partial charge in [0.2, 0.25) is 5.60 Å². The van der Waals surface area contributed by atoms with Gasteiger partial charge in [0.15, 0.2) is 0 Å². The van der Waals surface area contributed by atoms with Gasteiger partial charge in [0.05, 0.1) is 13.0 Å². The Morgan fingerprint density at radius 3 is 2.44 bits per heavy atom. The SMILES string of the molecule is [CH2+]C1(C)OB(c2cccc([C@@H](C)O)c2)OC1(C)C. The van der Waals surface area contributed by atoms with E-state index in [-0.39, 0.29) is 0 Å². The largest absolute Gasteiger partial charge is 0.498 e. The smallest absolute Gasteiger partial charge is 0.395 e. The predicted molar refractivity (Wildman–Crippen MR) is 72.5 cm³/mol. The molecule has 18 heavy (non-hydrogen) atoms. The van der Waals surface area contributed by atoms with Gasteiger partial charge < -0.3 is 14.4 Å². The van der Waals surface area contributed by atoms with Crippen molar-refractivity contribution in [2.45, 2.75) is 45.0 Å². The van der Waals surface area contributed by atoms with E-state index in [4.69, 9.17) is 9.31 Å². The molecule has 2 atom stereocenters. The van der Waals surface area contributed by atoms with Crippen molar-refractivity contribution in [3.8, 4) is 0 Å². The van der Waals surface area contributed by atoms with Gasteiger partial charge in [0, 0.05) is 6.92 Å². The maximum Gasteiger partial charge on any atom is 0.498 e. The predicted octanol–water partition coefficient (Wildman–Crippen LogP) is 1.85. The highest BCUT2D eigenvalue weighted by Crippen LogP contribution is 2.36. The molecule has 0 aromatic heterocycles. The number of benzene rings is 1. The summed E-state index contributed by atoms with van der Waals surface area (Å²) >= 11 is 0. The summed E-state index contributed by atoms with van der Waals surface area (Å²) in [7, 11) is -0.429. The Balaban J connectivity index is 2.27. The monoisotopic (exact) mass is 247 g/mol. The molecule has 0 saturated carbocycles. The summed E-state index contributed by atoms with van der Waals surface area (Å²) in [5, 5.41) is 9.60. The second-order valence-electron chi connectivity index (χ2n) is 5.65. The fourth-order valence-electron chi connectivity index (χ4n) is 1.90. The molecule has 1 aromatic rings. The summed E-state index contributed by atoms with van der Waals surface area (Å²) in [6.45, 7) is 11.7. The highest BCUT2D eigenvalue weighted by Gasteiger charge is 2.57. The van der Waals surface area contributed by atoms with Crippen LogP contribution in [0.15, 0.2) is 24.3 Å². The van der Waals surface area contributed by atoms with Gasteiger partial charge in [-0.15, -0.1) is 0 Å². The molecule has 96 valence electrons. The van der Waals surface area contributed by atoms with E-state index in [1.807, 2.05) is 45.0 Å². The van der Waals surface area contributed by atoms with Crippen LogP contribution in [0.2, 0.25) is 0 Å². The minimum atomic E-state index is -0.585. The zero-order chi connectivity index (χ0) is 13.6. The first-order chi connectivity index (χ1) is 8.23. The summed E-state index contributed by atoms with van der Waals surface area (Å²) in [5.74, 6) is 0. The normalized spacial score (nSPS) is 28.4. The van der Waals surface area contributed by atoms with Crippen LogP contribution in [0.1, 0.15) is 39.4 Å². The zero-order valence-corrected chi connectivity index (χ0v) is 11.4. The van der Waals surface area contributed by atoms with E-state index in [9.17, 15) is 5.11 Å². The number of aliphatic hydroxyl groups excluding tert-OH is 1. The summed E-state index contributed by atoms with van der Waals surface area (Å²) in [4.78, 5) is 0. The minimum Gasteiger partial charge on any atom is -0.395 e. The summed E-state index contributed by atoms with van der Waals surface area (Å²) in [5.41, 5.74) is 0.737. The molecule has 1 unspecified atom stereocenters. The maximum atomic E-state index is 9.60. The first-order valence-electron chi connectivity index (χ1n) is 6.22. The topological polar surface area (TPSA) is 38.7 Å². The van der Waals surface area contributed by atoms with E-state index in [1.54, 1.807) is 6.92 Å². The molecule has 0 aliphatic carbocycles. The van der Waals surface area contributed by atoms with E-state index in [2.05, 4.69) is 6.92 Å². The fraction of sp³-hybridized carbons (Fsp3) is 0.500. The summed E-state index contributed by atoms with van der Waals surface area (Å²) < 4.78 is 11.8. The molecule has 1 N–H and O–H groups in total. The van der Waals surface area contributed by atoms with Gasteiger partial charge in [-0.2, -0.15) is 0 Å². The van der Waals surface area contributed by atoms with Crippen LogP contribution >= 0.6 is 0 Å². The lowest BCUT2D eigenvalue weighted by Gasteiger charge is -2.25. The Morgan fingerprint density at radius 1 is 1.28 bits per heavy atom. The Morgan fingerprint density at radius 2 is 1.94 bits per heavy atom. The van der Waals surface area contributed by atoms with Gasteiger partial charge >= 0.3 is 7.12 Å². The molecule has 1 heterocycles. The Labute approximate surface area is 109 Å². The second kappa shape index (κ2) is 4.30. The molecule has 1 aliphatic heterocycles. The Hall–Kier alpha value is -0.965. The van der Waals surface area contributed by atoms with Crippen molar-refractivity contribution in [1.82, 2.24) is 0 Å². The van der Waals surface area contributed by atoms with Crippen LogP contribution < -0.4 is 5.46 Å². The number of aliphatic hydroxyl groups is 1. The van der Waals surface area contributed by atoms with Gasteiger partial charge in [-0.25, -0.2) is 0 Å². The van der Waals surface area contributed by atoms with E-state index < -0.39 is 24.4 Å². The van der Waals surface area contributed by atoms with Crippen molar-refractivity contribution in [2.24, 2.45) is 0 Å². The standard InChI is InChI=1S/C14H20BO3/c1-10(16)11-7-6-8-12(9-11)15-17-13(2,3)14(4,5)18-15/h6-10,16H,2H2,1,3-5H3/q+1/t10-,13?/m1/s1. The third-order valence-electron chi connectivity index (χ3n) is 3.71. The average molecular weight is 247 g/mol. The van der Waals surface area contributed by atoms with Crippen molar-refractivity contribution >= 4 is 12.6 Å². The molecule has 1 aromatic carbocycles. The zero-order valence-electron chi connectivity index (χ0n) is 11.4. The molecule has 2 rings (SSSR count). The first kappa shape index (κ1) is 13.5. The minimum absolute atomic E-state index is 0.429. The molecule has 1 fully saturated rings. The third kappa shape index (κ3) is 2.28. The molecule has 0 amide bonds. The molecule has 0 radical (unpaired) electrons. The van der Waals surface area contributed by atoms with Crippen LogP contribution in [0.3, 0.4) is 0 Å². The maximum absolute atomic E-state index is 9.60. The van der Waals surface area contributed by atoms with Crippen LogP contribution in [0.4, 0.5) is 0 Å². The van der Waals surface area contributed by atoms with Crippen LogP contribution in [0.25, 0.3) is 0 Å². The molecule has 4 heteroatoms. The first-order valence-corrected chi connectivity index (χ1v) is 6.22. The lowest BCUT2D eigenvalue weighted by Crippen LogP contribution is -2.42. The van der Waals surface area contributed by atoms with Gasteiger partial charge in [-0.1, -0.05) is 24.3 Å². The highest BCUT2D eigenvalue weighted by molar-refractivity contribution is 6.62. The van der Waals surface area contributed by atoms with Gasteiger partial charge in [-0.05, 0) is 31.8 Å². The molecule has 0 spiro atoms. The van der Waals surface area contributed by atoms with E-state index in [0.29, 0.717) is 0 Å². The van der Waals surface area contributed by atoms with Crippen molar-refractivity contribution in [3.63, 3.8) is 0 Å². The van der Waals surface area contributed by atoms with Crippen LogP contribution in [0.5, 0.6) is 0 Å². The molecule has 3 nitrogen and oxygen atoms in total. The van der Waals surface area contributed by atoms with E-state index >= 15 is 0 Å². The van der Waals surface area contributed by atoms with Gasteiger partial charge in [0.1, 0.15) is 5.60 Å². The second-order valence-corrected chi connectivity index (χ2v) is 5.65. The van der Waals surface area contributed by atoms with Crippen molar-refractivity contribution in [3.05, 3.63) is 36.8 Å². The Bertz CT molecular complexity index is 424. The molecule has 1 saturated heterocycles. The molecule has 0 bridgehead atoms. The number of hydrogen-bond donors (Lipinski definition) is 1. The van der Waals surface area contributed by atoms with Crippen LogP contribution in [-0.2, 0) is 9.31 Å². The van der Waals surface area contributed by atoms with Crippen LogP contribution in [0, 0.1) is 6.92 Å². The molecular formula is C14H20BO3+. The van der Waals surface area contributed by atoms with Gasteiger partial charge in [0.25, 0.3) is 0 Å². The summed E-state index contributed by atoms with van der Waals surface area (Å²) in [6, 6.07) is 7.63. The number of hydrogen-bond acceptors (Lipinski definition) is 3. The quantitative estimate of drug-likeness (QED) is 0.640. The third-order valence-corrected chi connectivity index (χ3v) is 3.71. The Kier molecular flexibility index (Phi) is 3.22. The summed E-state index contributed by atoms with van der Waals surface area (Å²) in [6.07, 6.45) is -0.495. The van der Waals surface area contributed by atoms with Crippen molar-refractivity contribution in [1.29, 1.82) is 0 Å². The van der Waals surface area contributed by atoms with Crippen LogP contribution in [-0.4, -0.2) is 23.4 Å². The molecule has 1 aliphatic rings. The van der Waals surface area contributed by atoms with E-state index in [1.165, 1.54) is 0 Å². The lowest BCUT2D eigenvalue weighted by atomic mass is 9.78. The highest BCUT2D eigenvalue weighted by atomic mass is 16.7. The number of rotatable bonds is 2. The van der Waals surface area contributed by atoms with Gasteiger partial charge in [-0.3, -0.25) is 0 Å². The molecular weight excluding hydrogens is 227 g/mol. The average Bonchev–Trinajstić information content (AvgIpc) is 2.48. The fourth-order valence-corrected chi connectivity index (χ4v) is 1.90. The van der Waals surface area contributed by atoms with E-state index in [0.717, 1.165) is 11.0 Å².